The molecular formula is C29H37N5O6. The average Bonchev–Trinajstić information content (AvgIpc) is 2.98. The Hall–Kier alpha value is -4.28. The van der Waals surface area contributed by atoms with E-state index in [0.717, 1.165) is 11.1 Å². The summed E-state index contributed by atoms with van der Waals surface area (Å²) in [6, 6.07) is 9.58. The van der Waals surface area contributed by atoms with E-state index < -0.39 is 47.7 Å². The highest BCUT2D eigenvalue weighted by Crippen LogP contribution is 2.13. The Morgan fingerprint density at radius 2 is 1.62 bits per heavy atom. The normalized spacial score (nSPS) is 16.9. The number of carbonyl (C=O) groups excluding carboxylic acids is 5. The number of ether oxygens (including phenoxy) is 1. The van der Waals surface area contributed by atoms with E-state index in [2.05, 4.69) is 26.3 Å². The number of Topliss-reactive ketones (excluding diaryl/α,β-unsaturated/α-hetero) is 1. The smallest absolute Gasteiger partial charge is 0.408 e. The number of amides is 4. The highest BCUT2D eigenvalue weighted by molar-refractivity contribution is 6.38. The molecule has 1 aromatic heterocycles. The highest BCUT2D eigenvalue weighted by atomic mass is 16.5. The van der Waals surface area contributed by atoms with Crippen molar-refractivity contribution < 1.29 is 28.7 Å². The molecule has 1 aromatic carbocycles. The van der Waals surface area contributed by atoms with E-state index >= 15 is 0 Å². The van der Waals surface area contributed by atoms with Gasteiger partial charge >= 0.3 is 6.09 Å². The van der Waals surface area contributed by atoms with Gasteiger partial charge in [0.1, 0.15) is 24.7 Å². The van der Waals surface area contributed by atoms with Crippen LogP contribution in [0.25, 0.3) is 0 Å². The maximum Gasteiger partial charge on any atom is 0.408 e. The topological polar surface area (TPSA) is 156 Å². The summed E-state index contributed by atoms with van der Waals surface area (Å²) in [6.45, 7) is 7.30. The van der Waals surface area contributed by atoms with Gasteiger partial charge in [0.25, 0.3) is 5.91 Å². The van der Waals surface area contributed by atoms with Crippen LogP contribution in [0.4, 0.5) is 4.79 Å². The maximum atomic E-state index is 13.4. The fraction of sp³-hybridized carbons (Fsp3) is 0.448. The zero-order valence-electron chi connectivity index (χ0n) is 23.2. The van der Waals surface area contributed by atoms with Gasteiger partial charge in [-0.1, -0.05) is 64.1 Å². The molecule has 214 valence electrons. The Labute approximate surface area is 233 Å². The van der Waals surface area contributed by atoms with Crippen LogP contribution in [-0.2, 0) is 43.4 Å². The van der Waals surface area contributed by atoms with Crippen molar-refractivity contribution in [1.82, 2.24) is 26.3 Å². The first-order valence-electron chi connectivity index (χ1n) is 13.4. The van der Waals surface area contributed by atoms with Crippen molar-refractivity contribution in [3.63, 3.8) is 0 Å². The molecule has 0 fully saturated rings. The van der Waals surface area contributed by atoms with Crippen molar-refractivity contribution in [2.45, 2.75) is 65.3 Å². The molecule has 0 aliphatic carbocycles. The lowest BCUT2D eigenvalue weighted by Gasteiger charge is -2.28. The molecule has 40 heavy (non-hydrogen) atoms. The lowest BCUT2D eigenvalue weighted by molar-refractivity contribution is -0.140. The fourth-order valence-corrected chi connectivity index (χ4v) is 4.31. The first-order chi connectivity index (χ1) is 19.1. The summed E-state index contributed by atoms with van der Waals surface area (Å²) >= 11 is 0. The Morgan fingerprint density at radius 1 is 0.950 bits per heavy atom. The summed E-state index contributed by atoms with van der Waals surface area (Å²) in [5.41, 5.74) is 2.28. The number of nitrogens with one attached hydrogen (secondary N) is 4. The monoisotopic (exact) mass is 551 g/mol. The quantitative estimate of drug-likeness (QED) is 0.344. The summed E-state index contributed by atoms with van der Waals surface area (Å²) in [6.07, 6.45) is 1.37. The molecule has 11 nitrogen and oxygen atoms in total. The van der Waals surface area contributed by atoms with E-state index in [1.54, 1.807) is 40.0 Å². The second kappa shape index (κ2) is 14.2. The van der Waals surface area contributed by atoms with Crippen molar-refractivity contribution in [3.8, 4) is 0 Å². The van der Waals surface area contributed by atoms with Gasteiger partial charge in [0.05, 0.1) is 0 Å². The van der Waals surface area contributed by atoms with Crippen LogP contribution >= 0.6 is 0 Å². The molecule has 4 N–H and O–H groups in total. The number of ketones is 1. The highest BCUT2D eigenvalue weighted by Gasteiger charge is 2.35. The standard InChI is InChI=1S/C29H37N5O6/c1-17(2)23(33-27(37)24(18(3)4)34-29(39)40-16-19-9-6-5-7-10-19)26(36)32-22-15-21-20(11-8-13-30-21)12-14-31-28(38)25(22)35/h5-11,13,17-18,22-24H,12,14-16H2,1-4H3,(H,31,38)(H,32,36)(H,33,37)(H,34,39). The van der Waals surface area contributed by atoms with E-state index in [-0.39, 0.29) is 31.4 Å². The van der Waals surface area contributed by atoms with E-state index in [4.69, 9.17) is 4.74 Å². The predicted molar refractivity (Wildman–Crippen MR) is 147 cm³/mol. The average molecular weight is 552 g/mol. The molecular weight excluding hydrogens is 514 g/mol. The summed E-state index contributed by atoms with van der Waals surface area (Å²) in [5.74, 6) is -3.47. The molecule has 1 aliphatic rings. The third-order valence-electron chi connectivity index (χ3n) is 6.60. The summed E-state index contributed by atoms with van der Waals surface area (Å²) < 4.78 is 5.25. The molecule has 4 amide bonds. The van der Waals surface area contributed by atoms with Gasteiger partial charge in [-0.25, -0.2) is 4.79 Å². The summed E-state index contributed by atoms with van der Waals surface area (Å²) in [7, 11) is 0. The molecule has 0 saturated heterocycles. The van der Waals surface area contributed by atoms with Crippen LogP contribution in [0.2, 0.25) is 0 Å². The van der Waals surface area contributed by atoms with Crippen molar-refractivity contribution >= 4 is 29.6 Å². The van der Waals surface area contributed by atoms with Gasteiger partial charge in [0.15, 0.2) is 0 Å². The number of benzene rings is 1. The van der Waals surface area contributed by atoms with Crippen molar-refractivity contribution in [2.75, 3.05) is 6.54 Å². The van der Waals surface area contributed by atoms with E-state index in [1.807, 2.05) is 36.4 Å². The molecule has 0 spiro atoms. The number of nitrogens with zero attached hydrogens (tertiary/aromatic N) is 1. The zero-order chi connectivity index (χ0) is 29.2. The van der Waals surface area contributed by atoms with Crippen molar-refractivity contribution in [1.29, 1.82) is 0 Å². The Balaban J connectivity index is 1.69. The third kappa shape index (κ3) is 8.36. The van der Waals surface area contributed by atoms with Crippen LogP contribution < -0.4 is 21.3 Å². The van der Waals surface area contributed by atoms with Crippen LogP contribution in [0.5, 0.6) is 0 Å². The number of alkyl carbamates (subject to hydrolysis) is 1. The predicted octanol–water partition coefficient (Wildman–Crippen LogP) is 1.44. The maximum absolute atomic E-state index is 13.4. The number of carbonyl (C=O) groups is 5. The number of hydrogen-bond donors (Lipinski definition) is 4. The van der Waals surface area contributed by atoms with Crippen LogP contribution in [0.3, 0.4) is 0 Å². The van der Waals surface area contributed by atoms with Gasteiger partial charge in [-0.15, -0.1) is 0 Å². The SMILES string of the molecule is CC(C)C(NC(=O)OCc1ccccc1)C(=O)NC(C(=O)NC1Cc2ncccc2CCNC(=O)C1=O)C(C)C. The molecule has 0 radical (unpaired) electrons. The molecule has 11 heteroatoms. The molecule has 0 saturated carbocycles. The largest absolute Gasteiger partial charge is 0.445 e. The minimum absolute atomic E-state index is 0.0381. The Morgan fingerprint density at radius 3 is 2.30 bits per heavy atom. The number of fused-ring (bicyclic) bond motifs is 1. The summed E-state index contributed by atoms with van der Waals surface area (Å²) in [5, 5.41) is 10.5. The molecule has 1 aliphatic heterocycles. The van der Waals surface area contributed by atoms with Crippen LogP contribution in [-0.4, -0.2) is 59.3 Å². The molecule has 2 aromatic rings. The van der Waals surface area contributed by atoms with Crippen LogP contribution in [0, 0.1) is 11.8 Å². The summed E-state index contributed by atoms with van der Waals surface area (Å²) in [4.78, 5) is 68.7. The molecule has 0 bridgehead atoms. The second-order valence-electron chi connectivity index (χ2n) is 10.4. The fourth-order valence-electron chi connectivity index (χ4n) is 4.31. The number of pyridine rings is 1. The van der Waals surface area contributed by atoms with Gasteiger partial charge in [0.2, 0.25) is 17.6 Å². The van der Waals surface area contributed by atoms with Gasteiger partial charge < -0.3 is 26.0 Å². The van der Waals surface area contributed by atoms with Crippen molar-refractivity contribution in [2.24, 2.45) is 11.8 Å². The van der Waals surface area contributed by atoms with Crippen molar-refractivity contribution in [3.05, 3.63) is 65.5 Å². The van der Waals surface area contributed by atoms with Gasteiger partial charge in [-0.2, -0.15) is 0 Å². The Kier molecular flexibility index (Phi) is 10.7. The van der Waals surface area contributed by atoms with E-state index in [9.17, 15) is 24.0 Å². The minimum atomic E-state index is -1.16. The lowest BCUT2D eigenvalue weighted by Crippen LogP contribution is -2.59. The van der Waals surface area contributed by atoms with Crippen LogP contribution in [0.1, 0.15) is 44.5 Å². The first-order valence-corrected chi connectivity index (χ1v) is 13.4. The molecule has 3 unspecified atom stereocenters. The van der Waals surface area contributed by atoms with Gasteiger partial charge in [-0.3, -0.25) is 24.2 Å². The number of rotatable bonds is 9. The van der Waals surface area contributed by atoms with Gasteiger partial charge in [0, 0.05) is 24.9 Å². The van der Waals surface area contributed by atoms with E-state index in [0.29, 0.717) is 12.1 Å². The zero-order valence-corrected chi connectivity index (χ0v) is 23.2. The molecule has 2 heterocycles. The van der Waals surface area contributed by atoms with E-state index in [1.165, 1.54) is 0 Å². The molecule has 3 atom stereocenters. The lowest BCUT2D eigenvalue weighted by atomic mass is 9.98. The van der Waals surface area contributed by atoms with Gasteiger partial charge in [-0.05, 0) is 35.4 Å². The minimum Gasteiger partial charge on any atom is -0.445 e. The Bertz CT molecular complexity index is 1220. The third-order valence-corrected chi connectivity index (χ3v) is 6.60. The number of aromatic nitrogens is 1. The van der Waals surface area contributed by atoms with Crippen LogP contribution in [0.15, 0.2) is 48.7 Å². The number of hydrogen-bond acceptors (Lipinski definition) is 7. The second-order valence-corrected chi connectivity index (χ2v) is 10.4. The molecule has 3 rings (SSSR count). The first kappa shape index (κ1) is 30.3.